The van der Waals surface area contributed by atoms with E-state index in [2.05, 4.69) is 11.8 Å². The van der Waals surface area contributed by atoms with E-state index in [9.17, 15) is 9.18 Å². The molecule has 0 aromatic heterocycles. The molecule has 20 heavy (non-hydrogen) atoms. The molecule has 1 heterocycles. The zero-order valence-electron chi connectivity index (χ0n) is 11.5. The molecule has 1 aliphatic heterocycles. The largest absolute Gasteiger partial charge is 0.369 e. The summed E-state index contributed by atoms with van der Waals surface area (Å²) >= 11 is 0. The number of carbonyl (C=O) groups excluding carboxylic acids is 1. The molecule has 0 saturated carbocycles. The number of likely N-dealkylation sites (tertiary alicyclic amines) is 1. The Morgan fingerprint density at radius 2 is 2.30 bits per heavy atom. The second-order valence-electron chi connectivity index (χ2n) is 5.37. The number of nitrogens with two attached hydrogens (primary N) is 1. The first-order valence-electron chi connectivity index (χ1n) is 6.73. The van der Waals surface area contributed by atoms with Crippen molar-refractivity contribution in [2.45, 2.75) is 32.4 Å². The summed E-state index contributed by atoms with van der Waals surface area (Å²) in [6, 6.07) is 6.70. The maximum Gasteiger partial charge on any atom is 0.221 e. The van der Waals surface area contributed by atoms with Crippen LogP contribution in [0.25, 0.3) is 0 Å². The monoisotopic (exact) mass is 275 g/mol. The van der Waals surface area contributed by atoms with Gasteiger partial charge in [-0.2, -0.15) is 5.26 Å². The predicted octanol–water partition coefficient (Wildman–Crippen LogP) is 1.78. The first-order valence-corrected chi connectivity index (χ1v) is 6.73. The molecule has 4 nitrogen and oxygen atoms in total. The van der Waals surface area contributed by atoms with Gasteiger partial charge in [0.05, 0.1) is 17.6 Å². The van der Waals surface area contributed by atoms with E-state index < -0.39 is 0 Å². The third-order valence-corrected chi connectivity index (χ3v) is 3.97. The third-order valence-electron chi connectivity index (χ3n) is 3.97. The summed E-state index contributed by atoms with van der Waals surface area (Å²) in [6.07, 6.45) is 1.67. The summed E-state index contributed by atoms with van der Waals surface area (Å²) in [6.45, 7) is 3.07. The molecule has 1 saturated heterocycles. The normalized spacial score (nSPS) is 23.2. The summed E-state index contributed by atoms with van der Waals surface area (Å²) in [5, 5.41) is 8.73. The van der Waals surface area contributed by atoms with Crippen molar-refractivity contribution in [2.75, 3.05) is 6.54 Å². The first kappa shape index (κ1) is 14.5. The highest BCUT2D eigenvalue weighted by Crippen LogP contribution is 2.24. The number of nitriles is 1. The lowest BCUT2D eigenvalue weighted by Crippen LogP contribution is -2.45. The molecular weight excluding hydrogens is 257 g/mol. The molecule has 1 aromatic rings. The van der Waals surface area contributed by atoms with Gasteiger partial charge in [-0.25, -0.2) is 4.39 Å². The number of piperidine rings is 1. The van der Waals surface area contributed by atoms with Gasteiger partial charge < -0.3 is 5.73 Å². The van der Waals surface area contributed by atoms with Crippen LogP contribution in [-0.4, -0.2) is 23.4 Å². The van der Waals surface area contributed by atoms with Crippen LogP contribution in [0.15, 0.2) is 18.2 Å². The summed E-state index contributed by atoms with van der Waals surface area (Å²) in [5.41, 5.74) is 6.22. The van der Waals surface area contributed by atoms with Crippen LogP contribution in [0.3, 0.4) is 0 Å². The molecular formula is C15H18FN3O. The molecule has 2 atom stereocenters. The number of halogens is 1. The Morgan fingerprint density at radius 3 is 2.90 bits per heavy atom. The molecule has 1 amide bonds. The van der Waals surface area contributed by atoms with E-state index in [1.165, 1.54) is 6.07 Å². The van der Waals surface area contributed by atoms with Gasteiger partial charge in [0.25, 0.3) is 0 Å². The van der Waals surface area contributed by atoms with E-state index in [1.54, 1.807) is 12.1 Å². The smallest absolute Gasteiger partial charge is 0.221 e. The Kier molecular flexibility index (Phi) is 4.35. The van der Waals surface area contributed by atoms with Crippen LogP contribution in [0.1, 0.15) is 30.9 Å². The van der Waals surface area contributed by atoms with Crippen LogP contribution < -0.4 is 5.73 Å². The Hall–Kier alpha value is -1.93. The predicted molar refractivity (Wildman–Crippen MR) is 72.9 cm³/mol. The van der Waals surface area contributed by atoms with E-state index in [0.29, 0.717) is 30.3 Å². The van der Waals surface area contributed by atoms with Gasteiger partial charge in [-0.05, 0) is 31.9 Å². The fraction of sp³-hybridized carbons (Fsp3) is 0.467. The molecule has 106 valence electrons. The minimum atomic E-state index is -0.377. The van der Waals surface area contributed by atoms with Crippen molar-refractivity contribution < 1.29 is 9.18 Å². The summed E-state index contributed by atoms with van der Waals surface area (Å²) < 4.78 is 13.9. The van der Waals surface area contributed by atoms with E-state index in [4.69, 9.17) is 11.0 Å². The number of hydrogen-bond donors (Lipinski definition) is 1. The molecule has 0 spiro atoms. The lowest BCUT2D eigenvalue weighted by atomic mass is 9.92. The van der Waals surface area contributed by atoms with Crippen LogP contribution >= 0.6 is 0 Å². The van der Waals surface area contributed by atoms with Gasteiger partial charge in [0.1, 0.15) is 5.82 Å². The van der Waals surface area contributed by atoms with E-state index in [1.807, 2.05) is 6.07 Å². The second-order valence-corrected chi connectivity index (χ2v) is 5.37. The SMILES string of the molecule is CC1CCC(C(N)=O)CN1Cc1ccc(C#N)cc1F. The Bertz CT molecular complexity index is 553. The van der Waals surface area contributed by atoms with Crippen LogP contribution in [0.4, 0.5) is 4.39 Å². The maximum atomic E-state index is 13.9. The molecule has 0 radical (unpaired) electrons. The molecule has 1 fully saturated rings. The van der Waals surface area contributed by atoms with Crippen molar-refractivity contribution in [3.63, 3.8) is 0 Å². The fourth-order valence-corrected chi connectivity index (χ4v) is 2.60. The minimum Gasteiger partial charge on any atom is -0.369 e. The van der Waals surface area contributed by atoms with Gasteiger partial charge in [0.2, 0.25) is 5.91 Å². The van der Waals surface area contributed by atoms with Gasteiger partial charge in [0.15, 0.2) is 0 Å². The maximum absolute atomic E-state index is 13.9. The van der Waals surface area contributed by atoms with Crippen molar-refractivity contribution in [1.82, 2.24) is 4.90 Å². The molecule has 1 aromatic carbocycles. The molecule has 2 rings (SSSR count). The van der Waals surface area contributed by atoms with Crippen LogP contribution in [-0.2, 0) is 11.3 Å². The highest BCUT2D eigenvalue weighted by Gasteiger charge is 2.28. The number of carbonyl (C=O) groups is 1. The van der Waals surface area contributed by atoms with Gasteiger partial charge in [-0.15, -0.1) is 0 Å². The third kappa shape index (κ3) is 3.14. The number of amides is 1. The summed E-state index contributed by atoms with van der Waals surface area (Å²) in [5.74, 6) is -0.827. The molecule has 0 bridgehead atoms. The zero-order chi connectivity index (χ0) is 14.7. The van der Waals surface area contributed by atoms with Crippen molar-refractivity contribution in [2.24, 2.45) is 11.7 Å². The van der Waals surface area contributed by atoms with E-state index in [0.717, 1.165) is 12.8 Å². The highest BCUT2D eigenvalue weighted by atomic mass is 19.1. The Morgan fingerprint density at radius 1 is 1.55 bits per heavy atom. The number of primary amides is 1. The van der Waals surface area contributed by atoms with Gasteiger partial charge >= 0.3 is 0 Å². The van der Waals surface area contributed by atoms with Gasteiger partial charge in [-0.1, -0.05) is 6.07 Å². The molecule has 2 unspecified atom stereocenters. The van der Waals surface area contributed by atoms with Gasteiger partial charge in [0, 0.05) is 24.7 Å². The van der Waals surface area contributed by atoms with Crippen molar-refractivity contribution in [3.8, 4) is 6.07 Å². The van der Waals surface area contributed by atoms with Crippen molar-refractivity contribution in [3.05, 3.63) is 35.1 Å². The van der Waals surface area contributed by atoms with E-state index >= 15 is 0 Å². The fourth-order valence-electron chi connectivity index (χ4n) is 2.60. The summed E-state index contributed by atoms with van der Waals surface area (Å²) in [4.78, 5) is 13.4. The lowest BCUT2D eigenvalue weighted by molar-refractivity contribution is -0.124. The lowest BCUT2D eigenvalue weighted by Gasteiger charge is -2.36. The van der Waals surface area contributed by atoms with Crippen LogP contribution in [0.5, 0.6) is 0 Å². The number of nitrogens with zero attached hydrogens (tertiary/aromatic N) is 2. The second kappa shape index (κ2) is 6.02. The minimum absolute atomic E-state index is 0.160. The zero-order valence-corrected chi connectivity index (χ0v) is 11.5. The quantitative estimate of drug-likeness (QED) is 0.914. The number of benzene rings is 1. The van der Waals surface area contributed by atoms with Crippen LogP contribution in [0.2, 0.25) is 0 Å². The highest BCUT2D eigenvalue weighted by molar-refractivity contribution is 5.77. The number of rotatable bonds is 3. The average molecular weight is 275 g/mol. The van der Waals surface area contributed by atoms with Crippen LogP contribution in [0, 0.1) is 23.1 Å². The Labute approximate surface area is 118 Å². The molecule has 0 aliphatic carbocycles. The molecule has 2 N–H and O–H groups in total. The van der Waals surface area contributed by atoms with Crippen molar-refractivity contribution in [1.29, 1.82) is 5.26 Å². The topological polar surface area (TPSA) is 70.1 Å². The van der Waals surface area contributed by atoms with Gasteiger partial charge in [-0.3, -0.25) is 9.69 Å². The summed E-state index contributed by atoms with van der Waals surface area (Å²) in [7, 11) is 0. The molecule has 5 heteroatoms. The first-order chi connectivity index (χ1) is 9.51. The number of hydrogen-bond acceptors (Lipinski definition) is 3. The molecule has 1 aliphatic rings. The Balaban J connectivity index is 2.12. The van der Waals surface area contributed by atoms with E-state index in [-0.39, 0.29) is 17.6 Å². The van der Waals surface area contributed by atoms with Crippen molar-refractivity contribution >= 4 is 5.91 Å². The average Bonchev–Trinajstić information content (AvgIpc) is 2.42. The standard InChI is InChI=1S/C15H18FN3O/c1-10-2-4-13(15(18)20)9-19(10)8-12-5-3-11(7-17)6-14(12)16/h3,5-6,10,13H,2,4,8-9H2,1H3,(H2,18,20).